The summed E-state index contributed by atoms with van der Waals surface area (Å²) < 4.78 is 7.20. The van der Waals surface area contributed by atoms with Gasteiger partial charge in [0.1, 0.15) is 11.4 Å². The molecule has 0 atom stereocenters. The molecule has 0 fully saturated rings. The number of aromatic nitrogens is 1. The van der Waals surface area contributed by atoms with Crippen molar-refractivity contribution in [3.8, 4) is 5.75 Å². The molecule has 1 heterocycles. The van der Waals surface area contributed by atoms with E-state index in [2.05, 4.69) is 15.9 Å². The molecule has 0 amide bonds. The van der Waals surface area contributed by atoms with Crippen LogP contribution in [0.2, 0.25) is 5.02 Å². The zero-order valence-electron chi connectivity index (χ0n) is 10.2. The second-order valence-corrected chi connectivity index (χ2v) is 5.24. The number of carbonyl (C=O) groups excluding carboxylic acids is 1. The van der Waals surface area contributed by atoms with Crippen LogP contribution >= 0.6 is 27.5 Å². The maximum absolute atomic E-state index is 12.0. The summed E-state index contributed by atoms with van der Waals surface area (Å²) in [6.07, 6.45) is 1.24. The number of ether oxygens (including phenoxy) is 1. The van der Waals surface area contributed by atoms with Gasteiger partial charge in [-0.25, -0.2) is 4.79 Å². The number of aryl methyl sites for hydroxylation is 1. The Kier molecular flexibility index (Phi) is 4.10. The van der Waals surface area contributed by atoms with Crippen molar-refractivity contribution in [1.29, 1.82) is 0 Å². The predicted octanol–water partition coefficient (Wildman–Crippen LogP) is 3.57. The quantitative estimate of drug-likeness (QED) is 0.363. The largest absolute Gasteiger partial charge is 0.420 e. The molecular weight excluding hydrogens is 351 g/mol. The molecule has 0 unspecified atom stereocenters. The number of rotatable bonds is 3. The molecule has 20 heavy (non-hydrogen) atoms. The first-order valence-corrected chi connectivity index (χ1v) is 6.53. The Morgan fingerprint density at radius 3 is 2.70 bits per heavy atom. The molecule has 2 rings (SSSR count). The third kappa shape index (κ3) is 3.00. The lowest BCUT2D eigenvalue weighted by atomic mass is 10.3. The number of hydrogen-bond acceptors (Lipinski definition) is 4. The van der Waals surface area contributed by atoms with Crippen LogP contribution in [0.1, 0.15) is 10.5 Å². The Hall–Kier alpha value is -1.86. The highest BCUT2D eigenvalue weighted by molar-refractivity contribution is 9.10. The van der Waals surface area contributed by atoms with Crippen LogP contribution in [0.3, 0.4) is 0 Å². The predicted molar refractivity (Wildman–Crippen MR) is 76.2 cm³/mol. The average molecular weight is 360 g/mol. The minimum absolute atomic E-state index is 0.0654. The first kappa shape index (κ1) is 14.5. The lowest BCUT2D eigenvalue weighted by Crippen LogP contribution is -2.12. The minimum atomic E-state index is -0.718. The lowest BCUT2D eigenvalue weighted by molar-refractivity contribution is -0.384. The maximum atomic E-state index is 12.0. The van der Waals surface area contributed by atoms with Gasteiger partial charge >= 0.3 is 5.97 Å². The molecule has 0 bridgehead atoms. The number of halogens is 2. The Morgan fingerprint density at radius 1 is 1.45 bits per heavy atom. The zero-order chi connectivity index (χ0) is 14.9. The molecule has 1 aromatic heterocycles. The van der Waals surface area contributed by atoms with Crippen molar-refractivity contribution in [3.63, 3.8) is 0 Å². The number of hydrogen-bond donors (Lipinski definition) is 0. The summed E-state index contributed by atoms with van der Waals surface area (Å²) in [6, 6.07) is 5.93. The van der Waals surface area contributed by atoms with Crippen molar-refractivity contribution in [3.05, 3.63) is 55.8 Å². The fourth-order valence-corrected chi connectivity index (χ4v) is 2.27. The van der Waals surface area contributed by atoms with Crippen LogP contribution in [-0.2, 0) is 7.05 Å². The Balaban J connectivity index is 2.26. The van der Waals surface area contributed by atoms with E-state index in [1.807, 2.05) is 0 Å². The third-order valence-corrected chi connectivity index (χ3v) is 3.30. The summed E-state index contributed by atoms with van der Waals surface area (Å²) in [5, 5.41) is 10.9. The minimum Gasteiger partial charge on any atom is -0.420 e. The molecule has 0 spiro atoms. The van der Waals surface area contributed by atoms with Crippen LogP contribution in [0.4, 0.5) is 5.69 Å². The van der Waals surface area contributed by atoms with E-state index in [0.717, 1.165) is 10.5 Å². The number of carbonyl (C=O) groups is 1. The van der Waals surface area contributed by atoms with E-state index >= 15 is 0 Å². The monoisotopic (exact) mass is 358 g/mol. The van der Waals surface area contributed by atoms with Gasteiger partial charge in [-0.2, -0.15) is 0 Å². The number of esters is 1. The molecule has 6 nitrogen and oxygen atoms in total. The summed E-state index contributed by atoms with van der Waals surface area (Å²) in [6.45, 7) is 0. The van der Waals surface area contributed by atoms with Gasteiger partial charge in [0.15, 0.2) is 0 Å². The van der Waals surface area contributed by atoms with Gasteiger partial charge in [0.25, 0.3) is 5.69 Å². The normalized spacial score (nSPS) is 10.3. The number of nitrogens with zero attached hydrogens (tertiary/aromatic N) is 2. The van der Waals surface area contributed by atoms with E-state index in [0.29, 0.717) is 0 Å². The van der Waals surface area contributed by atoms with Crippen molar-refractivity contribution in [1.82, 2.24) is 4.57 Å². The van der Waals surface area contributed by atoms with E-state index in [9.17, 15) is 14.9 Å². The van der Waals surface area contributed by atoms with Crippen molar-refractivity contribution < 1.29 is 14.5 Å². The van der Waals surface area contributed by atoms with Crippen molar-refractivity contribution in [2.45, 2.75) is 0 Å². The van der Waals surface area contributed by atoms with E-state index < -0.39 is 10.9 Å². The summed E-state index contributed by atoms with van der Waals surface area (Å²) in [7, 11) is 1.52. The summed E-state index contributed by atoms with van der Waals surface area (Å²) in [5.74, 6) is -0.534. The third-order valence-electron chi connectivity index (χ3n) is 2.51. The van der Waals surface area contributed by atoms with E-state index in [4.69, 9.17) is 16.3 Å². The van der Waals surface area contributed by atoms with Gasteiger partial charge in [0, 0.05) is 17.6 Å². The molecule has 0 aliphatic rings. The van der Waals surface area contributed by atoms with Crippen LogP contribution < -0.4 is 4.74 Å². The summed E-state index contributed by atoms with van der Waals surface area (Å²) >= 11 is 9.17. The molecule has 8 heteroatoms. The van der Waals surface area contributed by atoms with Crippen LogP contribution in [0.15, 0.2) is 34.9 Å². The van der Waals surface area contributed by atoms with Gasteiger partial charge in [0.05, 0.1) is 16.1 Å². The molecule has 0 N–H and O–H groups in total. The molecule has 0 radical (unpaired) electrons. The molecule has 0 aliphatic carbocycles. The standard InChI is InChI=1S/C12H8BrClN2O4/c1-15-6-8(16(18)19)5-10(15)12(17)20-11-3-2-7(13)4-9(11)14/h2-6H,1H3. The first-order chi connectivity index (χ1) is 9.38. The fourth-order valence-electron chi connectivity index (χ4n) is 1.56. The molecule has 0 saturated carbocycles. The second kappa shape index (κ2) is 5.64. The van der Waals surface area contributed by atoms with Crippen molar-refractivity contribution >= 4 is 39.2 Å². The average Bonchev–Trinajstić information content (AvgIpc) is 2.75. The maximum Gasteiger partial charge on any atom is 0.360 e. The zero-order valence-corrected chi connectivity index (χ0v) is 12.5. The SMILES string of the molecule is Cn1cc([N+](=O)[O-])cc1C(=O)Oc1ccc(Br)cc1Cl. The molecule has 2 aromatic rings. The number of benzene rings is 1. The Bertz CT molecular complexity index is 699. The lowest BCUT2D eigenvalue weighted by Gasteiger charge is -2.06. The van der Waals surface area contributed by atoms with Gasteiger partial charge in [-0.05, 0) is 18.2 Å². The topological polar surface area (TPSA) is 74.4 Å². The van der Waals surface area contributed by atoms with Crippen molar-refractivity contribution in [2.75, 3.05) is 0 Å². The van der Waals surface area contributed by atoms with Gasteiger partial charge < -0.3 is 9.30 Å². The highest BCUT2D eigenvalue weighted by atomic mass is 79.9. The number of nitro groups is 1. The first-order valence-electron chi connectivity index (χ1n) is 5.36. The van der Waals surface area contributed by atoms with Gasteiger partial charge in [0.2, 0.25) is 0 Å². The summed E-state index contributed by atoms with van der Waals surface area (Å²) in [4.78, 5) is 22.0. The highest BCUT2D eigenvalue weighted by Gasteiger charge is 2.20. The van der Waals surface area contributed by atoms with E-state index in [-0.39, 0.29) is 22.2 Å². The Morgan fingerprint density at radius 2 is 2.15 bits per heavy atom. The highest BCUT2D eigenvalue weighted by Crippen LogP contribution is 2.28. The van der Waals surface area contributed by atoms with Crippen LogP contribution in [0.5, 0.6) is 5.75 Å². The summed E-state index contributed by atoms with van der Waals surface area (Å²) in [5.41, 5.74) is -0.114. The smallest absolute Gasteiger partial charge is 0.360 e. The second-order valence-electron chi connectivity index (χ2n) is 3.92. The van der Waals surface area contributed by atoms with E-state index in [1.165, 1.54) is 23.9 Å². The molecular formula is C12H8BrClN2O4. The van der Waals surface area contributed by atoms with Gasteiger partial charge in [-0.3, -0.25) is 10.1 Å². The van der Waals surface area contributed by atoms with Gasteiger partial charge in [-0.1, -0.05) is 27.5 Å². The van der Waals surface area contributed by atoms with Crippen LogP contribution in [0, 0.1) is 10.1 Å². The van der Waals surface area contributed by atoms with Crippen molar-refractivity contribution in [2.24, 2.45) is 7.05 Å². The molecule has 0 saturated heterocycles. The van der Waals surface area contributed by atoms with E-state index in [1.54, 1.807) is 12.1 Å². The fraction of sp³-hybridized carbons (Fsp3) is 0.0833. The molecule has 1 aromatic carbocycles. The molecule has 104 valence electrons. The van der Waals surface area contributed by atoms with Crippen LogP contribution in [0.25, 0.3) is 0 Å². The Labute approximate surface area is 127 Å². The molecule has 0 aliphatic heterocycles. The van der Waals surface area contributed by atoms with Gasteiger partial charge in [-0.15, -0.1) is 0 Å². The van der Waals surface area contributed by atoms with Crippen LogP contribution in [-0.4, -0.2) is 15.5 Å².